The minimum atomic E-state index is -0.0311. The molecule has 5 heteroatoms. The smallest absolute Gasteiger partial charge is 0.239 e. The van der Waals surface area contributed by atoms with Gasteiger partial charge >= 0.3 is 0 Å². The monoisotopic (exact) mass is 251 g/mol. The summed E-state index contributed by atoms with van der Waals surface area (Å²) < 4.78 is 4.87. The minimum Gasteiger partial charge on any atom is -0.398 e. The first-order chi connectivity index (χ1) is 8.56. The van der Waals surface area contributed by atoms with Crippen LogP contribution in [0.15, 0.2) is 18.2 Å². The van der Waals surface area contributed by atoms with Gasteiger partial charge in [-0.25, -0.2) is 0 Å². The van der Waals surface area contributed by atoms with Gasteiger partial charge in [0.15, 0.2) is 0 Å². The molecule has 0 spiro atoms. The molecule has 0 radical (unpaired) electrons. The second kappa shape index (κ2) is 6.86. The van der Waals surface area contributed by atoms with Crippen LogP contribution in [0.5, 0.6) is 0 Å². The number of carbonyl (C=O) groups excluding carboxylic acids is 1. The second-order valence-electron chi connectivity index (χ2n) is 4.19. The number of carbonyl (C=O) groups is 1. The summed E-state index contributed by atoms with van der Waals surface area (Å²) in [6.07, 6.45) is 0. The molecule has 0 heterocycles. The summed E-state index contributed by atoms with van der Waals surface area (Å²) in [4.78, 5) is 13.5. The van der Waals surface area contributed by atoms with Crippen molar-refractivity contribution in [2.75, 3.05) is 44.5 Å². The van der Waals surface area contributed by atoms with E-state index in [0.29, 0.717) is 19.7 Å². The zero-order valence-electron chi connectivity index (χ0n) is 11.2. The van der Waals surface area contributed by atoms with Crippen LogP contribution in [-0.2, 0) is 9.53 Å². The van der Waals surface area contributed by atoms with E-state index in [1.54, 1.807) is 7.11 Å². The average molecular weight is 251 g/mol. The SMILES string of the molecule is COCCNC(=O)CN(C)c1cccc(N)c1C. The van der Waals surface area contributed by atoms with Crippen molar-refractivity contribution >= 4 is 17.3 Å². The first kappa shape index (κ1) is 14.3. The van der Waals surface area contributed by atoms with Gasteiger partial charge in [-0.05, 0) is 24.6 Å². The lowest BCUT2D eigenvalue weighted by Crippen LogP contribution is -2.36. The summed E-state index contributed by atoms with van der Waals surface area (Å²) in [5, 5.41) is 2.78. The van der Waals surface area contributed by atoms with Gasteiger partial charge in [0.05, 0.1) is 13.2 Å². The summed E-state index contributed by atoms with van der Waals surface area (Å²) in [7, 11) is 3.48. The second-order valence-corrected chi connectivity index (χ2v) is 4.19. The molecule has 1 amide bonds. The maximum Gasteiger partial charge on any atom is 0.239 e. The highest BCUT2D eigenvalue weighted by molar-refractivity contribution is 5.82. The van der Waals surface area contributed by atoms with Gasteiger partial charge in [0.1, 0.15) is 0 Å². The van der Waals surface area contributed by atoms with Crippen LogP contribution in [0.4, 0.5) is 11.4 Å². The van der Waals surface area contributed by atoms with Crippen molar-refractivity contribution in [3.8, 4) is 0 Å². The Labute approximate surface area is 108 Å². The van der Waals surface area contributed by atoms with Gasteiger partial charge in [0.25, 0.3) is 0 Å². The minimum absolute atomic E-state index is 0.0311. The van der Waals surface area contributed by atoms with E-state index >= 15 is 0 Å². The molecule has 1 aromatic rings. The lowest BCUT2D eigenvalue weighted by atomic mass is 10.1. The Kier molecular flexibility index (Phi) is 5.45. The van der Waals surface area contributed by atoms with Crippen molar-refractivity contribution < 1.29 is 9.53 Å². The number of nitrogen functional groups attached to an aromatic ring is 1. The molecule has 5 nitrogen and oxygen atoms in total. The molecule has 0 aliphatic carbocycles. The Balaban J connectivity index is 2.57. The number of benzene rings is 1. The van der Waals surface area contributed by atoms with Crippen molar-refractivity contribution in [2.24, 2.45) is 0 Å². The van der Waals surface area contributed by atoms with E-state index in [2.05, 4.69) is 5.32 Å². The first-order valence-electron chi connectivity index (χ1n) is 5.88. The Morgan fingerprint density at radius 3 is 2.89 bits per heavy atom. The van der Waals surface area contributed by atoms with E-state index in [-0.39, 0.29) is 5.91 Å². The van der Waals surface area contributed by atoms with Crippen molar-refractivity contribution in [1.29, 1.82) is 0 Å². The lowest BCUT2D eigenvalue weighted by molar-refractivity contribution is -0.119. The van der Waals surface area contributed by atoms with E-state index in [9.17, 15) is 4.79 Å². The highest BCUT2D eigenvalue weighted by atomic mass is 16.5. The number of hydrogen-bond acceptors (Lipinski definition) is 4. The fourth-order valence-corrected chi connectivity index (χ4v) is 1.70. The van der Waals surface area contributed by atoms with Crippen molar-refractivity contribution in [2.45, 2.75) is 6.92 Å². The van der Waals surface area contributed by atoms with Crippen molar-refractivity contribution in [3.05, 3.63) is 23.8 Å². The summed E-state index contributed by atoms with van der Waals surface area (Å²) in [5.74, 6) is -0.0311. The van der Waals surface area contributed by atoms with Gasteiger partial charge < -0.3 is 20.7 Å². The molecule has 100 valence electrons. The number of hydrogen-bond donors (Lipinski definition) is 2. The third kappa shape index (κ3) is 3.92. The molecule has 3 N–H and O–H groups in total. The Morgan fingerprint density at radius 2 is 2.22 bits per heavy atom. The average Bonchev–Trinajstić information content (AvgIpc) is 2.32. The topological polar surface area (TPSA) is 67.6 Å². The quantitative estimate of drug-likeness (QED) is 0.579. The largest absolute Gasteiger partial charge is 0.398 e. The molecule has 0 fully saturated rings. The zero-order chi connectivity index (χ0) is 13.5. The van der Waals surface area contributed by atoms with E-state index in [1.165, 1.54) is 0 Å². The number of amides is 1. The molecule has 18 heavy (non-hydrogen) atoms. The molecule has 0 aliphatic heterocycles. The van der Waals surface area contributed by atoms with Crippen LogP contribution in [0.1, 0.15) is 5.56 Å². The molecular weight excluding hydrogens is 230 g/mol. The predicted molar refractivity (Wildman–Crippen MR) is 73.7 cm³/mol. The first-order valence-corrected chi connectivity index (χ1v) is 5.88. The van der Waals surface area contributed by atoms with E-state index < -0.39 is 0 Å². The van der Waals surface area contributed by atoms with Crippen molar-refractivity contribution in [1.82, 2.24) is 5.32 Å². The number of anilines is 2. The van der Waals surface area contributed by atoms with Gasteiger partial charge in [-0.1, -0.05) is 6.07 Å². The van der Waals surface area contributed by atoms with E-state index in [4.69, 9.17) is 10.5 Å². The Hall–Kier alpha value is -1.75. The van der Waals surface area contributed by atoms with Crippen molar-refractivity contribution in [3.63, 3.8) is 0 Å². The fourth-order valence-electron chi connectivity index (χ4n) is 1.70. The van der Waals surface area contributed by atoms with Crippen LogP contribution in [0, 0.1) is 6.92 Å². The third-order valence-electron chi connectivity index (χ3n) is 2.77. The number of nitrogens with one attached hydrogen (secondary N) is 1. The number of rotatable bonds is 6. The van der Waals surface area contributed by atoms with Gasteiger partial charge in [0, 0.05) is 32.1 Å². The highest BCUT2D eigenvalue weighted by Gasteiger charge is 2.10. The molecular formula is C13H21N3O2. The summed E-state index contributed by atoms with van der Waals surface area (Å²) in [5.41, 5.74) is 8.54. The molecule has 0 aromatic heterocycles. The van der Waals surface area contributed by atoms with Crippen LogP contribution in [-0.4, -0.2) is 39.8 Å². The normalized spacial score (nSPS) is 10.2. The van der Waals surface area contributed by atoms with E-state index in [0.717, 1.165) is 16.9 Å². The van der Waals surface area contributed by atoms with Crippen LogP contribution < -0.4 is 16.0 Å². The number of likely N-dealkylation sites (N-methyl/N-ethyl adjacent to an activating group) is 1. The number of nitrogens with two attached hydrogens (primary N) is 1. The summed E-state index contributed by atoms with van der Waals surface area (Å²) >= 11 is 0. The van der Waals surface area contributed by atoms with Gasteiger partial charge in [-0.3, -0.25) is 4.79 Å². The Morgan fingerprint density at radius 1 is 1.50 bits per heavy atom. The van der Waals surface area contributed by atoms with Crippen LogP contribution in [0.2, 0.25) is 0 Å². The molecule has 1 aromatic carbocycles. The van der Waals surface area contributed by atoms with E-state index in [1.807, 2.05) is 37.1 Å². The molecule has 0 unspecified atom stereocenters. The lowest BCUT2D eigenvalue weighted by Gasteiger charge is -2.21. The van der Waals surface area contributed by atoms with Gasteiger partial charge in [-0.15, -0.1) is 0 Å². The van der Waals surface area contributed by atoms with Crippen LogP contribution in [0.25, 0.3) is 0 Å². The summed E-state index contributed by atoms with van der Waals surface area (Å²) in [6, 6.07) is 5.69. The molecule has 0 saturated carbocycles. The molecule has 0 bridgehead atoms. The third-order valence-corrected chi connectivity index (χ3v) is 2.77. The number of nitrogens with zero attached hydrogens (tertiary/aromatic N) is 1. The number of ether oxygens (including phenoxy) is 1. The number of methoxy groups -OCH3 is 1. The summed E-state index contributed by atoms with van der Waals surface area (Å²) in [6.45, 7) is 3.30. The van der Waals surface area contributed by atoms with Gasteiger partial charge in [-0.2, -0.15) is 0 Å². The maximum atomic E-state index is 11.7. The molecule has 0 aliphatic rings. The Bertz CT molecular complexity index is 407. The fraction of sp³-hybridized carbons (Fsp3) is 0.462. The molecule has 0 atom stereocenters. The highest BCUT2D eigenvalue weighted by Crippen LogP contribution is 2.23. The maximum absolute atomic E-state index is 11.7. The van der Waals surface area contributed by atoms with Crippen LogP contribution in [0.3, 0.4) is 0 Å². The standard InChI is InChI=1S/C13H21N3O2/c1-10-11(14)5-4-6-12(10)16(2)9-13(17)15-7-8-18-3/h4-6H,7-9,14H2,1-3H3,(H,15,17). The van der Waals surface area contributed by atoms with Crippen LogP contribution >= 0.6 is 0 Å². The molecule has 1 rings (SSSR count). The molecule has 0 saturated heterocycles. The van der Waals surface area contributed by atoms with Gasteiger partial charge in [0.2, 0.25) is 5.91 Å². The zero-order valence-corrected chi connectivity index (χ0v) is 11.2. The predicted octanol–water partition coefficient (Wildman–Crippen LogP) is 0.776.